The maximum absolute atomic E-state index is 11.6. The number of Topliss-reactive ketones (excluding diaryl/α,β-unsaturated/α-hetero) is 1. The van der Waals surface area contributed by atoms with Gasteiger partial charge in [0.05, 0.1) is 4.91 Å². The maximum atomic E-state index is 11.6. The van der Waals surface area contributed by atoms with Crippen LogP contribution in [-0.2, 0) is 9.05 Å². The van der Waals surface area contributed by atoms with Crippen molar-refractivity contribution < 1.29 is 13.2 Å². The first kappa shape index (κ1) is 11.0. The second kappa shape index (κ2) is 3.54. The highest BCUT2D eigenvalue weighted by Crippen LogP contribution is 2.31. The minimum Gasteiger partial charge on any atom is -0.297 e. The molecule has 1 aliphatic carbocycles. The van der Waals surface area contributed by atoms with E-state index in [0.717, 1.165) is 6.08 Å². The Balaban J connectivity index is 2.80. The summed E-state index contributed by atoms with van der Waals surface area (Å²) in [6.45, 7) is 0. The number of ketones is 1. The highest BCUT2D eigenvalue weighted by Gasteiger charge is 2.28. The van der Waals surface area contributed by atoms with Gasteiger partial charge < -0.3 is 0 Å². The molecule has 0 amide bonds. The van der Waals surface area contributed by atoms with Crippen LogP contribution in [0, 0.1) is 5.41 Å². The molecule has 0 radical (unpaired) electrons. The standard InChI is InChI=1S/C10H6ClNO3S/c11-16(14,15)9-5-8(12)10(13)7-4-2-1-3-6(7)9/h1-5,12H. The molecule has 0 bridgehead atoms. The molecule has 4 nitrogen and oxygen atoms in total. The number of nitrogens with one attached hydrogen (secondary N) is 1. The number of rotatable bonds is 1. The van der Waals surface area contributed by atoms with Gasteiger partial charge in [0.25, 0.3) is 9.05 Å². The molecule has 0 saturated heterocycles. The van der Waals surface area contributed by atoms with Crippen molar-refractivity contribution in [3.8, 4) is 0 Å². The summed E-state index contributed by atoms with van der Waals surface area (Å²) in [5, 5.41) is 7.39. The lowest BCUT2D eigenvalue weighted by Gasteiger charge is -2.14. The Hall–Kier alpha value is -1.46. The van der Waals surface area contributed by atoms with E-state index in [1.165, 1.54) is 12.1 Å². The quantitative estimate of drug-likeness (QED) is 0.778. The molecule has 1 aliphatic rings. The average molecular weight is 256 g/mol. The van der Waals surface area contributed by atoms with Crippen molar-refractivity contribution in [2.24, 2.45) is 0 Å². The number of hydrogen-bond donors (Lipinski definition) is 1. The summed E-state index contributed by atoms with van der Waals surface area (Å²) in [5.74, 6) is -0.500. The third kappa shape index (κ3) is 1.68. The number of benzene rings is 1. The van der Waals surface area contributed by atoms with Gasteiger partial charge in [0.15, 0.2) is 0 Å². The van der Waals surface area contributed by atoms with Crippen LogP contribution in [0.2, 0.25) is 0 Å². The number of halogens is 1. The van der Waals surface area contributed by atoms with Crippen molar-refractivity contribution in [1.29, 1.82) is 5.41 Å². The van der Waals surface area contributed by atoms with E-state index in [-0.39, 0.29) is 21.7 Å². The Morgan fingerprint density at radius 1 is 1.12 bits per heavy atom. The summed E-state index contributed by atoms with van der Waals surface area (Å²) in [4.78, 5) is 11.4. The molecule has 1 N–H and O–H groups in total. The lowest BCUT2D eigenvalue weighted by molar-refractivity contribution is 0.106. The van der Waals surface area contributed by atoms with Crippen molar-refractivity contribution >= 4 is 36.1 Å². The molecule has 6 heteroatoms. The zero-order chi connectivity index (χ0) is 11.9. The summed E-state index contributed by atoms with van der Waals surface area (Å²) in [6.07, 6.45) is 0.979. The van der Waals surface area contributed by atoms with Gasteiger partial charge in [0, 0.05) is 21.8 Å². The fourth-order valence-electron chi connectivity index (χ4n) is 1.52. The molecule has 0 unspecified atom stereocenters. The van der Waals surface area contributed by atoms with Crippen LogP contribution in [0.1, 0.15) is 15.9 Å². The first-order valence-electron chi connectivity index (χ1n) is 4.30. The molecule has 0 aromatic heterocycles. The molecule has 0 fully saturated rings. The van der Waals surface area contributed by atoms with Crippen molar-refractivity contribution in [3.63, 3.8) is 0 Å². The fourth-order valence-corrected chi connectivity index (χ4v) is 2.60. The van der Waals surface area contributed by atoms with Gasteiger partial charge >= 0.3 is 0 Å². The van der Waals surface area contributed by atoms with Crippen LogP contribution in [0.5, 0.6) is 0 Å². The van der Waals surface area contributed by atoms with Crippen LogP contribution < -0.4 is 0 Å². The van der Waals surface area contributed by atoms with Crippen LogP contribution in [0.15, 0.2) is 30.3 Å². The second-order valence-electron chi connectivity index (χ2n) is 3.23. The molecule has 0 saturated carbocycles. The normalized spacial score (nSPS) is 15.7. The van der Waals surface area contributed by atoms with E-state index < -0.39 is 14.8 Å². The SMILES string of the molecule is N=C1C=C(S(=O)(=O)Cl)c2ccccc2C1=O. The third-order valence-corrected chi connectivity index (χ3v) is 3.58. The van der Waals surface area contributed by atoms with E-state index in [1.807, 2.05) is 0 Å². The zero-order valence-corrected chi connectivity index (χ0v) is 9.47. The van der Waals surface area contributed by atoms with Gasteiger partial charge in [-0.25, -0.2) is 8.42 Å². The van der Waals surface area contributed by atoms with Crippen molar-refractivity contribution in [2.45, 2.75) is 0 Å². The molecule has 16 heavy (non-hydrogen) atoms. The van der Waals surface area contributed by atoms with E-state index in [9.17, 15) is 13.2 Å². The molecular weight excluding hydrogens is 250 g/mol. The first-order valence-corrected chi connectivity index (χ1v) is 6.61. The molecule has 1 aromatic rings. The highest BCUT2D eigenvalue weighted by atomic mass is 35.7. The van der Waals surface area contributed by atoms with Crippen LogP contribution >= 0.6 is 10.7 Å². The number of carbonyl (C=O) groups is 1. The van der Waals surface area contributed by atoms with Gasteiger partial charge in [-0.1, -0.05) is 24.3 Å². The van der Waals surface area contributed by atoms with E-state index in [4.69, 9.17) is 16.1 Å². The molecule has 0 atom stereocenters. The highest BCUT2D eigenvalue weighted by molar-refractivity contribution is 8.21. The molecule has 2 rings (SSSR count). The number of hydrogen-bond acceptors (Lipinski definition) is 4. The van der Waals surface area contributed by atoms with Crippen molar-refractivity contribution in [3.05, 3.63) is 41.5 Å². The van der Waals surface area contributed by atoms with E-state index in [0.29, 0.717) is 0 Å². The molecule has 82 valence electrons. The summed E-state index contributed by atoms with van der Waals surface area (Å²) in [6, 6.07) is 6.18. The molecule has 0 spiro atoms. The van der Waals surface area contributed by atoms with Gasteiger partial charge in [-0.05, 0) is 6.08 Å². The Morgan fingerprint density at radius 3 is 2.25 bits per heavy atom. The lowest BCUT2D eigenvalue weighted by Crippen LogP contribution is -2.19. The summed E-state index contributed by atoms with van der Waals surface area (Å²) in [7, 11) is 1.29. The second-order valence-corrected chi connectivity index (χ2v) is 5.77. The molecular formula is C10H6ClNO3S. The summed E-state index contributed by atoms with van der Waals surface area (Å²) in [5.41, 5.74) is 0.0608. The summed E-state index contributed by atoms with van der Waals surface area (Å²) >= 11 is 0. The van der Waals surface area contributed by atoms with E-state index in [2.05, 4.69) is 0 Å². The van der Waals surface area contributed by atoms with Gasteiger partial charge in [-0.2, -0.15) is 0 Å². The number of fused-ring (bicyclic) bond motifs is 1. The van der Waals surface area contributed by atoms with Crippen LogP contribution in [-0.4, -0.2) is 19.9 Å². The van der Waals surface area contributed by atoms with Crippen molar-refractivity contribution in [1.82, 2.24) is 0 Å². The number of allylic oxidation sites excluding steroid dienone is 1. The maximum Gasteiger partial charge on any atom is 0.262 e. The van der Waals surface area contributed by atoms with Crippen LogP contribution in [0.3, 0.4) is 0 Å². The van der Waals surface area contributed by atoms with E-state index in [1.54, 1.807) is 12.1 Å². The van der Waals surface area contributed by atoms with Crippen LogP contribution in [0.25, 0.3) is 4.91 Å². The van der Waals surface area contributed by atoms with E-state index >= 15 is 0 Å². The molecule has 0 aliphatic heterocycles. The van der Waals surface area contributed by atoms with Gasteiger partial charge in [-0.15, -0.1) is 0 Å². The lowest BCUT2D eigenvalue weighted by atomic mass is 9.95. The predicted octanol–water partition coefficient (Wildman–Crippen LogP) is 1.81. The topological polar surface area (TPSA) is 75.1 Å². The molecule has 0 heterocycles. The third-order valence-electron chi connectivity index (χ3n) is 2.22. The number of carbonyl (C=O) groups excluding carboxylic acids is 1. The Morgan fingerprint density at radius 2 is 1.69 bits per heavy atom. The monoisotopic (exact) mass is 255 g/mol. The van der Waals surface area contributed by atoms with Crippen molar-refractivity contribution in [2.75, 3.05) is 0 Å². The minimum atomic E-state index is -3.96. The summed E-state index contributed by atoms with van der Waals surface area (Å²) < 4.78 is 22.6. The molecule has 1 aromatic carbocycles. The van der Waals surface area contributed by atoms with Gasteiger partial charge in [0.2, 0.25) is 5.78 Å². The average Bonchev–Trinajstić information content (AvgIpc) is 2.22. The van der Waals surface area contributed by atoms with Gasteiger partial charge in [0.1, 0.15) is 5.71 Å². The Kier molecular flexibility index (Phi) is 2.44. The Bertz CT molecular complexity index is 631. The largest absolute Gasteiger partial charge is 0.297 e. The van der Waals surface area contributed by atoms with Crippen LogP contribution in [0.4, 0.5) is 0 Å². The first-order chi connectivity index (χ1) is 7.41. The minimum absolute atomic E-state index is 0.189. The zero-order valence-electron chi connectivity index (χ0n) is 7.90. The predicted molar refractivity (Wildman–Crippen MR) is 61.2 cm³/mol. The smallest absolute Gasteiger partial charge is 0.262 e. The van der Waals surface area contributed by atoms with Gasteiger partial charge in [-0.3, -0.25) is 10.2 Å². The fraction of sp³-hybridized carbons (Fsp3) is 0. The Labute approximate surface area is 96.5 Å².